The van der Waals surface area contributed by atoms with Gasteiger partial charge >= 0.3 is 45.5 Å². The van der Waals surface area contributed by atoms with E-state index in [-0.39, 0.29) is 0 Å². The largest absolute Gasteiger partial charge is 0.483 e. The minimum absolute atomic E-state index is 0.542. The van der Waals surface area contributed by atoms with Crippen LogP contribution in [0.5, 0.6) is 0 Å². The number of carbonyl (C=O) groups is 8. The van der Waals surface area contributed by atoms with Crippen molar-refractivity contribution in [2.24, 2.45) is 0 Å². The molecule has 3 aliphatic heterocycles. The Morgan fingerprint density at radius 2 is 0.620 bits per heavy atom. The molecule has 0 aromatic rings. The van der Waals surface area contributed by atoms with E-state index in [9.17, 15) is 67.5 Å². The number of esters is 5. The summed E-state index contributed by atoms with van der Waals surface area (Å²) < 4.78 is 100. The summed E-state index contributed by atoms with van der Waals surface area (Å²) in [6.07, 6.45) is 22.8. The van der Waals surface area contributed by atoms with Gasteiger partial charge in [-0.3, -0.25) is 47.4 Å². The van der Waals surface area contributed by atoms with Crippen molar-refractivity contribution in [3.05, 3.63) is 128 Å². The van der Waals surface area contributed by atoms with E-state index in [1.54, 1.807) is 6.92 Å². The fourth-order valence-corrected chi connectivity index (χ4v) is 15.9. The Morgan fingerprint density at radius 1 is 0.339 bits per heavy atom. The van der Waals surface area contributed by atoms with E-state index in [4.69, 9.17) is 56.4 Å². The molecule has 0 aromatic carbocycles. The number of hydrogen-bond donors (Lipinski definition) is 7. The van der Waals surface area contributed by atoms with Gasteiger partial charge in [0, 0.05) is 55.4 Å². The summed E-state index contributed by atoms with van der Waals surface area (Å²) >= 11 is 0. The zero-order valence-corrected chi connectivity index (χ0v) is 76.8. The Morgan fingerprint density at radius 3 is 0.926 bits per heavy atom. The first-order valence-electron chi connectivity index (χ1n) is 41.9. The van der Waals surface area contributed by atoms with Crippen molar-refractivity contribution in [1.82, 2.24) is 16.0 Å². The summed E-state index contributed by atoms with van der Waals surface area (Å²) in [6.45, 7) is 30.9. The lowest BCUT2D eigenvalue weighted by molar-refractivity contribution is -0.351. The molecule has 3 saturated heterocycles. The fourth-order valence-electron chi connectivity index (χ4n) is 13.8. The SMILES string of the molecule is CC(=O)N[C@H]1[C@@H](OP(=O)(O)OP(=O)(O)OC/C=C(/C)CC/C=C(/C)CC/C=C(/C)CC/C=C(/C)CC/C=C(/C)CC/C=C(/C)CC/C=C(/C)CC/C=C(\C)CC/C=C(\C)CC/C=C(\C)CCC=C(C)C)O[C@H](CO)[C@@H](O[C@@H]2O[C@H](COC(C)=O)[C@H](O[C@@H]3O[C@H](COC(C)=O)[C@H](OC(C)=O)[C@H](OC(C)=O)[C@H]3NC(C)=O)[C@H](OC(C)=O)[C@H]2NC(C)=O)[C@@H]1O. The topological polar surface area (TPSA) is 408 Å². The average Bonchev–Trinajstić information content (AvgIpc) is 0.760. The van der Waals surface area contributed by atoms with Gasteiger partial charge in [0.25, 0.3) is 0 Å². The van der Waals surface area contributed by atoms with Crippen molar-refractivity contribution >= 4 is 63.2 Å². The van der Waals surface area contributed by atoms with Crippen LogP contribution in [0, 0.1) is 0 Å². The van der Waals surface area contributed by atoms with Crippen LogP contribution in [0.4, 0.5) is 0 Å². The molecule has 0 radical (unpaired) electrons. The Labute approximate surface area is 717 Å². The number of phosphoric acid groups is 2. The molecule has 0 bridgehead atoms. The molecule has 7 N–H and O–H groups in total. The molecule has 684 valence electrons. The summed E-state index contributed by atoms with van der Waals surface area (Å²) in [5.74, 6) is -7.27. The molecule has 17 atom stereocenters. The van der Waals surface area contributed by atoms with Gasteiger partial charge in [-0.05, 0) is 212 Å². The van der Waals surface area contributed by atoms with Crippen LogP contribution in [0.3, 0.4) is 0 Å². The Hall–Kier alpha value is -7.12. The van der Waals surface area contributed by atoms with Gasteiger partial charge in [0.1, 0.15) is 68.0 Å². The minimum atomic E-state index is -5.83. The van der Waals surface area contributed by atoms with Crippen LogP contribution in [0.2, 0.25) is 0 Å². The second kappa shape index (κ2) is 56.7. The molecule has 3 rings (SSSR count). The highest BCUT2D eigenvalue weighted by Crippen LogP contribution is 2.61. The predicted octanol–water partition coefficient (Wildman–Crippen LogP) is 15.2. The first-order chi connectivity index (χ1) is 56.9. The molecule has 3 fully saturated rings. The maximum absolute atomic E-state index is 13.6. The Balaban J connectivity index is 1.56. The van der Waals surface area contributed by atoms with Crippen LogP contribution < -0.4 is 16.0 Å². The van der Waals surface area contributed by atoms with E-state index < -0.39 is 182 Å². The lowest BCUT2D eigenvalue weighted by Crippen LogP contribution is -2.72. The van der Waals surface area contributed by atoms with Gasteiger partial charge in [-0.15, -0.1) is 0 Å². The first-order valence-corrected chi connectivity index (χ1v) is 44.9. The van der Waals surface area contributed by atoms with Crippen LogP contribution in [-0.2, 0) is 108 Å². The molecule has 0 spiro atoms. The molecule has 32 heteroatoms. The van der Waals surface area contributed by atoms with Crippen LogP contribution in [0.25, 0.3) is 0 Å². The number of aliphatic hydroxyl groups excluding tert-OH is 2. The van der Waals surface area contributed by atoms with Crippen LogP contribution >= 0.6 is 15.6 Å². The molecular formula is C89H141N3O27P2. The monoisotopic (exact) mass is 1750 g/mol. The average molecular weight is 1750 g/mol. The summed E-state index contributed by atoms with van der Waals surface area (Å²) in [6, 6.07) is -5.42. The second-order valence-electron chi connectivity index (χ2n) is 32.1. The van der Waals surface area contributed by atoms with E-state index in [1.807, 2.05) is 0 Å². The summed E-state index contributed by atoms with van der Waals surface area (Å²) in [5.41, 5.74) is 14.9. The van der Waals surface area contributed by atoms with E-state index in [2.05, 4.69) is 157 Å². The molecular weight excluding hydrogens is 1600 g/mol. The highest BCUT2D eigenvalue weighted by atomic mass is 31.3. The van der Waals surface area contributed by atoms with Crippen molar-refractivity contribution in [2.75, 3.05) is 26.4 Å². The minimum Gasteiger partial charge on any atom is -0.463 e. The zero-order chi connectivity index (χ0) is 90.7. The molecule has 3 amide bonds. The number of aliphatic hydroxyl groups is 2. The van der Waals surface area contributed by atoms with Gasteiger partial charge in [0.15, 0.2) is 37.2 Å². The standard InChI is InChI=1S/C89H141N3O27P2/c1-56(2)31-21-32-57(3)33-22-34-58(4)35-23-36-59(5)37-24-38-60(6)39-25-40-61(7)41-26-42-62(8)43-27-44-63(9)45-28-46-64(10)47-29-48-65(11)49-30-50-66(12)51-52-109-120(103,104)119-121(105,106)118-89-78(90-67(13)94)81(102)82(75(53-93)113-89)116-87-80(92-69(15)96)86(112-74(20)101)84(77(115-87)55-108-71(17)98)117-88-79(91-68(14)95)85(111-73(19)100)83(110-72(18)99)76(114-88)54-107-70(16)97/h31,33,35,37,39,41,43,45,47,49,51,75-89,93,102H,21-30,32,34,36,38,40,42,44,46,48,50,52-55H2,1-20H3,(H,90,94)(H,91,95)(H,92,96)(H,103,104)(H,105,106)/b57-33+,58-35+,59-37+,60-39-,61-41-,62-43-,63-45-,64-47-,65-49-,66-51-/t75-,76-,77-,78-,79-,80-,81-,82-,83+,84+,85-,86-,87+,88+,89-/m1/s1. The van der Waals surface area contributed by atoms with Crippen LogP contribution in [-0.4, -0.2) is 186 Å². The molecule has 30 nitrogen and oxygen atoms in total. The van der Waals surface area contributed by atoms with E-state index in [0.717, 1.165) is 177 Å². The van der Waals surface area contributed by atoms with E-state index in [0.29, 0.717) is 12.8 Å². The maximum atomic E-state index is 13.6. The third-order valence-corrected chi connectivity index (χ3v) is 22.7. The number of ether oxygens (including phenoxy) is 10. The van der Waals surface area contributed by atoms with Crippen LogP contribution in [0.1, 0.15) is 267 Å². The molecule has 121 heavy (non-hydrogen) atoms. The lowest BCUT2D eigenvalue weighted by Gasteiger charge is -2.51. The van der Waals surface area contributed by atoms with Gasteiger partial charge in [-0.25, -0.2) is 9.13 Å². The smallest absolute Gasteiger partial charge is 0.463 e. The quantitative estimate of drug-likeness (QED) is 0.0129. The van der Waals surface area contributed by atoms with Gasteiger partial charge in [-0.1, -0.05) is 128 Å². The molecule has 0 saturated carbocycles. The van der Waals surface area contributed by atoms with Crippen molar-refractivity contribution in [3.8, 4) is 0 Å². The highest BCUT2D eigenvalue weighted by Gasteiger charge is 2.58. The third-order valence-electron chi connectivity index (χ3n) is 20.1. The Kier molecular flexibility index (Phi) is 50.6. The number of carbonyl (C=O) groups excluding carboxylic acids is 8. The lowest BCUT2D eigenvalue weighted by atomic mass is 9.93. The number of nitrogens with one attached hydrogen (secondary N) is 3. The van der Waals surface area contributed by atoms with E-state index >= 15 is 0 Å². The zero-order valence-electron chi connectivity index (χ0n) is 75.1. The number of amides is 3. The molecule has 0 aliphatic carbocycles. The van der Waals surface area contributed by atoms with Crippen molar-refractivity contribution in [1.29, 1.82) is 0 Å². The molecule has 0 aromatic heterocycles. The second-order valence-corrected chi connectivity index (χ2v) is 35.1. The fraction of sp³-hybridized carbons (Fsp3) is 0.663. The third kappa shape index (κ3) is 45.4. The van der Waals surface area contributed by atoms with E-state index in [1.165, 1.54) is 61.8 Å². The summed E-state index contributed by atoms with van der Waals surface area (Å²) in [5, 5.41) is 30.2. The number of allylic oxidation sites excluding steroid dienone is 21. The molecule has 3 aliphatic rings. The van der Waals surface area contributed by atoms with Gasteiger partial charge in [0.2, 0.25) is 17.7 Å². The van der Waals surface area contributed by atoms with Gasteiger partial charge in [-0.2, -0.15) is 4.31 Å². The van der Waals surface area contributed by atoms with Gasteiger partial charge in [0.05, 0.1) is 13.2 Å². The van der Waals surface area contributed by atoms with Crippen molar-refractivity contribution in [2.45, 2.75) is 359 Å². The van der Waals surface area contributed by atoms with Gasteiger partial charge < -0.3 is 83.3 Å². The summed E-state index contributed by atoms with van der Waals surface area (Å²) in [7, 11) is -11.3. The predicted molar refractivity (Wildman–Crippen MR) is 459 cm³/mol. The first kappa shape index (κ1) is 108. The van der Waals surface area contributed by atoms with Crippen molar-refractivity contribution < 1.29 is 128 Å². The number of hydrogen-bond acceptors (Lipinski definition) is 25. The van der Waals surface area contributed by atoms with Crippen molar-refractivity contribution in [3.63, 3.8) is 0 Å². The normalized spacial score (nSPS) is 25.4. The number of phosphoric ester groups is 2. The van der Waals surface area contributed by atoms with Crippen LogP contribution in [0.15, 0.2) is 128 Å². The highest BCUT2D eigenvalue weighted by molar-refractivity contribution is 7.61. The Bertz CT molecular complexity index is 3830. The molecule has 3 heterocycles. The number of rotatable bonds is 52. The summed E-state index contributed by atoms with van der Waals surface area (Å²) in [4.78, 5) is 123. The molecule has 2 unspecified atom stereocenters. The maximum Gasteiger partial charge on any atom is 0.483 e.